The predicted octanol–water partition coefficient (Wildman–Crippen LogP) is 7.03. The number of piperidine rings is 1. The van der Waals surface area contributed by atoms with E-state index in [1.54, 1.807) is 12.1 Å². The van der Waals surface area contributed by atoms with E-state index < -0.39 is 10.8 Å². The van der Waals surface area contributed by atoms with Gasteiger partial charge in [0.1, 0.15) is 11.2 Å². The molecule has 0 unspecified atom stereocenters. The van der Waals surface area contributed by atoms with E-state index in [-0.39, 0.29) is 16.4 Å². The van der Waals surface area contributed by atoms with E-state index in [9.17, 15) is 14.9 Å². The van der Waals surface area contributed by atoms with Gasteiger partial charge in [0.15, 0.2) is 10.7 Å². The Labute approximate surface area is 237 Å². The highest BCUT2D eigenvalue weighted by molar-refractivity contribution is 7.80. The third-order valence-electron chi connectivity index (χ3n) is 7.34. The fourth-order valence-electron chi connectivity index (χ4n) is 4.86. The standard InChI is InChI=1S/C30H31N5O4S/c1-3-19(2)21-10-14-27-24(17-21)32-29(39-27)20-7-11-23(12-8-20)31-30(40)33-28(36)22-9-13-25(26(18-22)35(37)38)34-15-5-4-6-16-34/h7-14,17-19H,3-6,15-16H2,1-2H3,(H2,31,33,36,40)/t19-/m1/s1. The minimum Gasteiger partial charge on any atom is -0.436 e. The summed E-state index contributed by atoms with van der Waals surface area (Å²) >= 11 is 5.32. The number of thiocarbonyl (C=S) groups is 1. The molecule has 2 heterocycles. The molecule has 1 aromatic heterocycles. The van der Waals surface area contributed by atoms with Gasteiger partial charge in [-0.1, -0.05) is 19.9 Å². The maximum atomic E-state index is 12.8. The fraction of sp³-hybridized carbons (Fsp3) is 0.300. The van der Waals surface area contributed by atoms with Crippen molar-refractivity contribution in [2.75, 3.05) is 23.3 Å². The van der Waals surface area contributed by atoms with Crippen molar-refractivity contribution >= 4 is 51.4 Å². The third-order valence-corrected chi connectivity index (χ3v) is 7.54. The molecule has 1 saturated heterocycles. The average Bonchev–Trinajstić information content (AvgIpc) is 3.40. The second-order valence-corrected chi connectivity index (χ2v) is 10.5. The maximum Gasteiger partial charge on any atom is 0.293 e. The molecule has 0 radical (unpaired) electrons. The molecule has 1 aliphatic rings. The van der Waals surface area contributed by atoms with Gasteiger partial charge in [-0.2, -0.15) is 0 Å². The van der Waals surface area contributed by atoms with Crippen molar-refractivity contribution in [1.82, 2.24) is 10.3 Å². The lowest BCUT2D eigenvalue weighted by Gasteiger charge is -2.28. The zero-order valence-electron chi connectivity index (χ0n) is 22.5. The molecular weight excluding hydrogens is 526 g/mol. The van der Waals surface area contributed by atoms with E-state index >= 15 is 0 Å². The minimum atomic E-state index is -0.523. The monoisotopic (exact) mass is 557 g/mol. The molecule has 1 fully saturated rings. The number of carbonyl (C=O) groups is 1. The first-order valence-electron chi connectivity index (χ1n) is 13.5. The first-order valence-corrected chi connectivity index (χ1v) is 13.9. The Balaban J connectivity index is 1.23. The van der Waals surface area contributed by atoms with Crippen molar-refractivity contribution in [3.8, 4) is 11.5 Å². The molecule has 0 spiro atoms. The minimum absolute atomic E-state index is 0.0833. The summed E-state index contributed by atoms with van der Waals surface area (Å²) in [6.07, 6.45) is 4.16. The van der Waals surface area contributed by atoms with Crippen molar-refractivity contribution < 1.29 is 14.1 Å². The van der Waals surface area contributed by atoms with Crippen LogP contribution in [0.4, 0.5) is 17.1 Å². The van der Waals surface area contributed by atoms with E-state index in [4.69, 9.17) is 16.6 Å². The zero-order chi connectivity index (χ0) is 28.2. The van der Waals surface area contributed by atoms with Gasteiger partial charge in [-0.15, -0.1) is 0 Å². The van der Waals surface area contributed by atoms with E-state index in [0.29, 0.717) is 23.2 Å². The van der Waals surface area contributed by atoms with Crippen molar-refractivity contribution in [2.45, 2.75) is 45.4 Å². The molecule has 1 aliphatic heterocycles. The molecule has 1 atom stereocenters. The Bertz CT molecular complexity index is 1560. The van der Waals surface area contributed by atoms with E-state index in [1.807, 2.05) is 35.2 Å². The second-order valence-electron chi connectivity index (χ2n) is 10.0. The van der Waals surface area contributed by atoms with Gasteiger partial charge in [-0.05, 0) is 97.9 Å². The number of aromatic nitrogens is 1. The van der Waals surface area contributed by atoms with Crippen LogP contribution in [0.1, 0.15) is 61.4 Å². The molecule has 0 bridgehead atoms. The maximum absolute atomic E-state index is 12.8. The zero-order valence-corrected chi connectivity index (χ0v) is 23.3. The number of nitro benzene ring substituents is 1. The van der Waals surface area contributed by atoms with Crippen LogP contribution in [0, 0.1) is 10.1 Å². The first-order chi connectivity index (χ1) is 19.3. The molecule has 2 N–H and O–H groups in total. The predicted molar refractivity (Wildman–Crippen MR) is 161 cm³/mol. The Morgan fingerprint density at radius 2 is 1.85 bits per heavy atom. The summed E-state index contributed by atoms with van der Waals surface area (Å²) < 4.78 is 5.95. The van der Waals surface area contributed by atoms with Crippen LogP contribution in [0.5, 0.6) is 0 Å². The quantitative estimate of drug-likeness (QED) is 0.141. The Kier molecular flexibility index (Phi) is 8.06. The van der Waals surface area contributed by atoms with Gasteiger partial charge in [0.05, 0.1) is 4.92 Å². The van der Waals surface area contributed by atoms with Crippen LogP contribution in [0.2, 0.25) is 0 Å². The summed E-state index contributed by atoms with van der Waals surface area (Å²) in [6, 6.07) is 18.0. The SMILES string of the molecule is CC[C@@H](C)c1ccc2oc(-c3ccc(NC(=S)NC(=O)c4ccc(N5CCCCC5)c([N+](=O)[O-])c4)cc3)nc2c1. The summed E-state index contributed by atoms with van der Waals surface area (Å²) in [5.41, 5.74) is 4.88. The van der Waals surface area contributed by atoms with Gasteiger partial charge < -0.3 is 14.6 Å². The first kappa shape index (κ1) is 27.3. The van der Waals surface area contributed by atoms with Gasteiger partial charge in [-0.3, -0.25) is 20.2 Å². The smallest absolute Gasteiger partial charge is 0.293 e. The highest BCUT2D eigenvalue weighted by Crippen LogP contribution is 2.32. The lowest BCUT2D eigenvalue weighted by atomic mass is 9.98. The average molecular weight is 558 g/mol. The molecule has 9 nitrogen and oxygen atoms in total. The van der Waals surface area contributed by atoms with E-state index in [0.717, 1.165) is 55.4 Å². The molecule has 5 rings (SSSR count). The number of hydrogen-bond acceptors (Lipinski definition) is 7. The number of fused-ring (bicyclic) bond motifs is 1. The number of amides is 1. The van der Waals surface area contributed by atoms with Gasteiger partial charge >= 0.3 is 0 Å². The molecular formula is C30H31N5O4S. The normalized spacial score (nSPS) is 14.1. The summed E-state index contributed by atoms with van der Waals surface area (Å²) in [5.74, 6) is 0.451. The number of nitrogens with zero attached hydrogens (tertiary/aromatic N) is 3. The fourth-order valence-corrected chi connectivity index (χ4v) is 5.07. The Morgan fingerprint density at radius 1 is 1.10 bits per heavy atom. The number of nitrogens with one attached hydrogen (secondary N) is 2. The van der Waals surface area contributed by atoms with Gasteiger partial charge in [0.25, 0.3) is 11.6 Å². The van der Waals surface area contributed by atoms with Crippen molar-refractivity contribution in [1.29, 1.82) is 0 Å². The lowest BCUT2D eigenvalue weighted by molar-refractivity contribution is -0.384. The molecule has 0 saturated carbocycles. The van der Waals surface area contributed by atoms with Crippen molar-refractivity contribution in [3.63, 3.8) is 0 Å². The van der Waals surface area contributed by atoms with Crippen molar-refractivity contribution in [3.05, 3.63) is 81.9 Å². The van der Waals surface area contributed by atoms with Crippen LogP contribution in [0.15, 0.2) is 65.1 Å². The number of benzene rings is 3. The molecule has 206 valence electrons. The number of carbonyl (C=O) groups excluding carboxylic acids is 1. The van der Waals surface area contributed by atoms with Crippen LogP contribution in [0.25, 0.3) is 22.6 Å². The third kappa shape index (κ3) is 5.96. The summed E-state index contributed by atoms with van der Waals surface area (Å²) in [5, 5.41) is 17.4. The van der Waals surface area contributed by atoms with Crippen LogP contribution >= 0.6 is 12.2 Å². The molecule has 10 heteroatoms. The largest absolute Gasteiger partial charge is 0.436 e. The number of hydrogen-bond donors (Lipinski definition) is 2. The van der Waals surface area contributed by atoms with Crippen molar-refractivity contribution in [2.24, 2.45) is 0 Å². The highest BCUT2D eigenvalue weighted by Gasteiger charge is 2.23. The van der Waals surface area contributed by atoms with E-state index in [2.05, 4.69) is 41.6 Å². The molecule has 4 aromatic rings. The topological polar surface area (TPSA) is 114 Å². The van der Waals surface area contributed by atoms with Crippen LogP contribution in [0.3, 0.4) is 0 Å². The summed E-state index contributed by atoms with van der Waals surface area (Å²) in [6.45, 7) is 5.89. The van der Waals surface area contributed by atoms with Gasteiger partial charge in [0, 0.05) is 36.0 Å². The second kappa shape index (κ2) is 11.8. The Hall–Kier alpha value is -4.31. The molecule has 1 amide bonds. The van der Waals surface area contributed by atoms with Crippen LogP contribution in [-0.2, 0) is 0 Å². The van der Waals surface area contributed by atoms with Gasteiger partial charge in [0.2, 0.25) is 5.89 Å². The molecule has 40 heavy (non-hydrogen) atoms. The Morgan fingerprint density at radius 3 is 2.55 bits per heavy atom. The highest BCUT2D eigenvalue weighted by atomic mass is 32.1. The van der Waals surface area contributed by atoms with E-state index in [1.165, 1.54) is 11.6 Å². The number of nitro groups is 1. The molecule has 3 aromatic carbocycles. The van der Waals surface area contributed by atoms with Gasteiger partial charge in [-0.25, -0.2) is 4.98 Å². The summed E-state index contributed by atoms with van der Waals surface area (Å²) in [4.78, 5) is 30.8. The molecule has 0 aliphatic carbocycles. The number of oxazole rings is 1. The van der Waals surface area contributed by atoms with Crippen LogP contribution < -0.4 is 15.5 Å². The number of rotatable bonds is 7. The lowest BCUT2D eigenvalue weighted by Crippen LogP contribution is -2.34. The number of anilines is 2. The van der Waals surface area contributed by atoms with Crippen LogP contribution in [-0.4, -0.2) is 34.0 Å². The summed E-state index contributed by atoms with van der Waals surface area (Å²) in [7, 11) is 0.